The summed E-state index contributed by atoms with van der Waals surface area (Å²) in [5.74, 6) is 1.33. The van der Waals surface area contributed by atoms with Crippen LogP contribution in [0.1, 0.15) is 31.7 Å². The molecule has 8 heteroatoms. The fraction of sp³-hybridized carbons (Fsp3) is 0.476. The molecule has 1 unspecified atom stereocenters. The molecule has 3 aromatic rings. The van der Waals surface area contributed by atoms with E-state index in [1.54, 1.807) is 11.6 Å². The number of nitrogens with two attached hydrogens (primary N) is 1. The lowest BCUT2D eigenvalue weighted by molar-refractivity contribution is 0.495. The molecule has 1 aromatic carbocycles. The van der Waals surface area contributed by atoms with E-state index < -0.39 is 0 Å². The van der Waals surface area contributed by atoms with Gasteiger partial charge in [-0.25, -0.2) is 0 Å². The molecule has 4 rings (SSSR count). The highest BCUT2D eigenvalue weighted by Gasteiger charge is 2.25. The van der Waals surface area contributed by atoms with E-state index >= 15 is 0 Å². The van der Waals surface area contributed by atoms with E-state index in [9.17, 15) is 4.79 Å². The van der Waals surface area contributed by atoms with E-state index in [1.165, 1.54) is 0 Å². The van der Waals surface area contributed by atoms with Gasteiger partial charge in [-0.1, -0.05) is 37.3 Å². The van der Waals surface area contributed by atoms with E-state index in [4.69, 9.17) is 10.7 Å². The minimum Gasteiger partial charge on any atom is -0.356 e. The number of piperidine rings is 1. The smallest absolute Gasteiger partial charge is 0.281 e. The van der Waals surface area contributed by atoms with Gasteiger partial charge in [0.1, 0.15) is 0 Å². The molecule has 1 aliphatic rings. The molecule has 0 saturated carbocycles. The number of benzene rings is 1. The number of nitrogens with one attached hydrogen (secondary N) is 1. The molecule has 1 atom stereocenters. The number of hydrogen-bond donors (Lipinski definition) is 2. The van der Waals surface area contributed by atoms with E-state index in [0.717, 1.165) is 50.4 Å². The summed E-state index contributed by atoms with van der Waals surface area (Å²) in [4.78, 5) is 24.9. The van der Waals surface area contributed by atoms with Gasteiger partial charge < -0.3 is 16.0 Å². The predicted octanol–water partition coefficient (Wildman–Crippen LogP) is 1.93. The van der Waals surface area contributed by atoms with Gasteiger partial charge in [-0.15, -0.1) is 0 Å². The Morgan fingerprint density at radius 2 is 2.03 bits per heavy atom. The van der Waals surface area contributed by atoms with Crippen LogP contribution in [0.2, 0.25) is 0 Å². The Balaban J connectivity index is 1.86. The Morgan fingerprint density at radius 3 is 2.76 bits per heavy atom. The van der Waals surface area contributed by atoms with Crippen LogP contribution in [0.3, 0.4) is 0 Å². The summed E-state index contributed by atoms with van der Waals surface area (Å²) in [5, 5.41) is 3.23. The predicted molar refractivity (Wildman–Crippen MR) is 117 cm³/mol. The molecule has 0 spiro atoms. The highest BCUT2D eigenvalue weighted by Crippen LogP contribution is 2.24. The monoisotopic (exact) mass is 395 g/mol. The van der Waals surface area contributed by atoms with Crippen LogP contribution in [-0.2, 0) is 13.6 Å². The van der Waals surface area contributed by atoms with Crippen molar-refractivity contribution in [2.24, 2.45) is 12.8 Å². The zero-order chi connectivity index (χ0) is 20.4. The van der Waals surface area contributed by atoms with Gasteiger partial charge in [-0.2, -0.15) is 9.97 Å². The van der Waals surface area contributed by atoms with Crippen molar-refractivity contribution >= 4 is 23.1 Å². The quantitative estimate of drug-likeness (QED) is 0.662. The van der Waals surface area contributed by atoms with Crippen LogP contribution in [-0.4, -0.2) is 44.8 Å². The number of imidazole rings is 1. The number of nitrogens with zero attached hydrogens (tertiary/aromatic N) is 5. The third-order valence-corrected chi connectivity index (χ3v) is 5.42. The second kappa shape index (κ2) is 8.24. The van der Waals surface area contributed by atoms with Gasteiger partial charge in [0.25, 0.3) is 5.56 Å². The van der Waals surface area contributed by atoms with Crippen molar-refractivity contribution in [1.82, 2.24) is 19.1 Å². The first-order valence-corrected chi connectivity index (χ1v) is 10.3. The van der Waals surface area contributed by atoms with Gasteiger partial charge in [-0.3, -0.25) is 13.9 Å². The maximum absolute atomic E-state index is 13.3. The summed E-state index contributed by atoms with van der Waals surface area (Å²) >= 11 is 0. The average Bonchev–Trinajstić information content (AvgIpc) is 3.08. The second-order valence-electron chi connectivity index (χ2n) is 7.73. The zero-order valence-electron chi connectivity index (χ0n) is 17.1. The summed E-state index contributed by atoms with van der Waals surface area (Å²) in [5.41, 5.74) is 8.26. The molecule has 1 aliphatic heterocycles. The molecule has 1 fully saturated rings. The van der Waals surface area contributed by atoms with Gasteiger partial charge >= 0.3 is 0 Å². The minimum absolute atomic E-state index is 0.0930. The molecule has 3 heterocycles. The van der Waals surface area contributed by atoms with Gasteiger partial charge in [-0.05, 0) is 24.8 Å². The van der Waals surface area contributed by atoms with Crippen LogP contribution in [0.15, 0.2) is 35.1 Å². The van der Waals surface area contributed by atoms with Crippen molar-refractivity contribution in [3.63, 3.8) is 0 Å². The SMILES string of the molecule is CCCNc1nc2nc(N3CCCC(N)C3)n(Cc3ccccc3)c2c(=O)n1C. The fourth-order valence-electron chi connectivity index (χ4n) is 3.89. The fourth-order valence-corrected chi connectivity index (χ4v) is 3.89. The van der Waals surface area contributed by atoms with Gasteiger partial charge in [0.15, 0.2) is 11.2 Å². The van der Waals surface area contributed by atoms with E-state index in [-0.39, 0.29) is 11.6 Å². The summed E-state index contributed by atoms with van der Waals surface area (Å²) in [6, 6.07) is 10.2. The molecular weight excluding hydrogens is 366 g/mol. The molecule has 0 aliphatic carbocycles. The maximum Gasteiger partial charge on any atom is 0.281 e. The largest absolute Gasteiger partial charge is 0.356 e. The lowest BCUT2D eigenvalue weighted by Crippen LogP contribution is -2.44. The second-order valence-corrected chi connectivity index (χ2v) is 7.73. The van der Waals surface area contributed by atoms with Crippen LogP contribution in [0.4, 0.5) is 11.9 Å². The van der Waals surface area contributed by atoms with Crippen molar-refractivity contribution in [1.29, 1.82) is 0 Å². The standard InChI is InChI=1S/C21H29N7O/c1-3-11-23-20-24-18-17(19(29)26(20)2)28(13-15-8-5-4-6-9-15)21(25-18)27-12-7-10-16(22)14-27/h4-6,8-9,16H,3,7,10-14,22H2,1-2H3,(H,23,24). The summed E-state index contributed by atoms with van der Waals surface area (Å²) in [6.45, 7) is 5.02. The van der Waals surface area contributed by atoms with E-state index in [1.807, 2.05) is 22.8 Å². The van der Waals surface area contributed by atoms with Gasteiger partial charge in [0, 0.05) is 32.7 Å². The Labute approximate surface area is 170 Å². The Hall–Kier alpha value is -2.87. The van der Waals surface area contributed by atoms with Gasteiger partial charge in [0.2, 0.25) is 11.9 Å². The lowest BCUT2D eigenvalue weighted by atomic mass is 10.1. The van der Waals surface area contributed by atoms with Crippen molar-refractivity contribution < 1.29 is 0 Å². The highest BCUT2D eigenvalue weighted by molar-refractivity contribution is 5.75. The maximum atomic E-state index is 13.3. The topological polar surface area (TPSA) is 94.0 Å². The zero-order valence-corrected chi connectivity index (χ0v) is 17.1. The number of rotatable bonds is 6. The highest BCUT2D eigenvalue weighted by atomic mass is 16.1. The average molecular weight is 396 g/mol. The van der Waals surface area contributed by atoms with Crippen LogP contribution in [0, 0.1) is 0 Å². The van der Waals surface area contributed by atoms with Crippen molar-refractivity contribution in [2.75, 3.05) is 29.9 Å². The third-order valence-electron chi connectivity index (χ3n) is 5.42. The molecular formula is C21H29N7O. The lowest BCUT2D eigenvalue weighted by Gasteiger charge is -2.31. The number of aromatic nitrogens is 4. The van der Waals surface area contributed by atoms with E-state index in [0.29, 0.717) is 23.7 Å². The Bertz CT molecular complexity index is 1040. The molecule has 1 saturated heterocycles. The first-order valence-electron chi connectivity index (χ1n) is 10.3. The van der Waals surface area contributed by atoms with Crippen LogP contribution in [0.25, 0.3) is 11.2 Å². The molecule has 3 N–H and O–H groups in total. The van der Waals surface area contributed by atoms with Crippen molar-refractivity contribution in [3.8, 4) is 0 Å². The van der Waals surface area contributed by atoms with Crippen molar-refractivity contribution in [2.45, 2.75) is 38.8 Å². The summed E-state index contributed by atoms with van der Waals surface area (Å²) in [7, 11) is 1.75. The van der Waals surface area contributed by atoms with Crippen molar-refractivity contribution in [3.05, 3.63) is 46.2 Å². The van der Waals surface area contributed by atoms with Crippen LogP contribution in [0.5, 0.6) is 0 Å². The first-order chi connectivity index (χ1) is 14.1. The number of fused-ring (bicyclic) bond motifs is 1. The Morgan fingerprint density at radius 1 is 1.24 bits per heavy atom. The first kappa shape index (κ1) is 19.4. The number of anilines is 2. The Kier molecular flexibility index (Phi) is 5.53. The minimum atomic E-state index is -0.0930. The normalized spacial score (nSPS) is 17.1. The summed E-state index contributed by atoms with van der Waals surface area (Å²) in [6.07, 6.45) is 2.98. The molecule has 0 radical (unpaired) electrons. The van der Waals surface area contributed by atoms with Crippen LogP contribution >= 0.6 is 0 Å². The molecule has 0 amide bonds. The molecule has 8 nitrogen and oxygen atoms in total. The van der Waals surface area contributed by atoms with Crippen LogP contribution < -0.4 is 21.5 Å². The van der Waals surface area contributed by atoms with E-state index in [2.05, 4.69) is 34.3 Å². The van der Waals surface area contributed by atoms with Gasteiger partial charge in [0.05, 0.1) is 6.54 Å². The number of hydrogen-bond acceptors (Lipinski definition) is 6. The molecule has 154 valence electrons. The molecule has 2 aromatic heterocycles. The molecule has 29 heavy (non-hydrogen) atoms. The third kappa shape index (κ3) is 3.85. The molecule has 0 bridgehead atoms. The summed E-state index contributed by atoms with van der Waals surface area (Å²) < 4.78 is 3.58.